The fourth-order valence-corrected chi connectivity index (χ4v) is 9.80. The topological polar surface area (TPSA) is 153 Å². The van der Waals surface area contributed by atoms with Gasteiger partial charge in [-0.1, -0.05) is 62.5 Å². The molecule has 5 N–H and O–H groups in total. The molecule has 4 aliphatic carbocycles. The molecule has 49 heavy (non-hydrogen) atoms. The molecular weight excluding hydrogens is 620 g/mol. The van der Waals surface area contributed by atoms with E-state index >= 15 is 0 Å². The second kappa shape index (κ2) is 13.3. The zero-order valence-corrected chi connectivity index (χ0v) is 29.1. The normalized spacial score (nSPS) is 32.6. The Morgan fingerprint density at radius 1 is 1.08 bits per heavy atom. The maximum absolute atomic E-state index is 13.2. The van der Waals surface area contributed by atoms with Crippen LogP contribution in [0.15, 0.2) is 47.3 Å². The molecule has 0 saturated heterocycles. The van der Waals surface area contributed by atoms with Crippen molar-refractivity contribution in [2.45, 2.75) is 103 Å². The van der Waals surface area contributed by atoms with Crippen molar-refractivity contribution in [2.24, 2.45) is 39.7 Å². The van der Waals surface area contributed by atoms with Crippen LogP contribution in [-0.4, -0.2) is 63.0 Å². The van der Waals surface area contributed by atoms with Crippen LogP contribution in [0.1, 0.15) is 84.6 Å². The molecule has 0 bridgehead atoms. The number of aliphatic carboxylic acids is 1. The molecule has 3 fully saturated rings. The summed E-state index contributed by atoms with van der Waals surface area (Å²) < 4.78 is 0. The largest absolute Gasteiger partial charge is 0.480 e. The van der Waals surface area contributed by atoms with E-state index in [1.54, 1.807) is 20.0 Å². The first-order valence-corrected chi connectivity index (χ1v) is 17.8. The molecular formula is C39H50N4O6. The fourth-order valence-electron chi connectivity index (χ4n) is 9.80. The minimum absolute atomic E-state index is 0.0668. The van der Waals surface area contributed by atoms with E-state index in [4.69, 9.17) is 11.3 Å². The van der Waals surface area contributed by atoms with Gasteiger partial charge < -0.3 is 30.7 Å². The Bertz CT molecular complexity index is 1720. The second-order valence-electron chi connectivity index (χ2n) is 15.6. The van der Waals surface area contributed by atoms with Crippen LogP contribution in [0.4, 0.5) is 0 Å². The summed E-state index contributed by atoms with van der Waals surface area (Å²) in [5.41, 5.74) is 2.70. The zero-order valence-electron chi connectivity index (χ0n) is 29.1. The van der Waals surface area contributed by atoms with Gasteiger partial charge in [0, 0.05) is 28.9 Å². The number of hydrogen-bond acceptors (Lipinski definition) is 6. The summed E-state index contributed by atoms with van der Waals surface area (Å²) in [5.74, 6) is 1.76. The lowest BCUT2D eigenvalue weighted by Gasteiger charge is -2.58. The lowest BCUT2D eigenvalue weighted by atomic mass is 9.46. The van der Waals surface area contributed by atoms with E-state index in [0.29, 0.717) is 24.2 Å². The summed E-state index contributed by atoms with van der Waals surface area (Å²) in [6, 6.07) is 5.45. The van der Waals surface area contributed by atoms with Crippen LogP contribution in [0.2, 0.25) is 0 Å². The molecule has 0 radical (unpaired) electrons. The van der Waals surface area contributed by atoms with Crippen molar-refractivity contribution in [3.8, 4) is 12.3 Å². The highest BCUT2D eigenvalue weighted by Gasteiger charge is 2.63. The summed E-state index contributed by atoms with van der Waals surface area (Å²) in [6.45, 7) is 7.81. The summed E-state index contributed by atoms with van der Waals surface area (Å²) in [5, 5.41) is 31.7. The third-order valence-corrected chi connectivity index (χ3v) is 12.7. The van der Waals surface area contributed by atoms with Gasteiger partial charge in [0.1, 0.15) is 17.7 Å². The van der Waals surface area contributed by atoms with Crippen molar-refractivity contribution >= 4 is 34.4 Å². The molecule has 0 unspecified atom stereocenters. The van der Waals surface area contributed by atoms with Gasteiger partial charge in [-0.15, -0.1) is 6.42 Å². The zero-order chi connectivity index (χ0) is 35.1. The quantitative estimate of drug-likeness (QED) is 0.175. The van der Waals surface area contributed by atoms with Gasteiger partial charge in [0.2, 0.25) is 5.91 Å². The minimum atomic E-state index is -1.17. The molecule has 4 aliphatic rings. The standard InChI is InChI=1S/C39H50N4O6/c1-6-39(48)18-15-30-28-12-11-25-20-26(13-16-37(25,4)29(28)14-17-38(30,39)5)43-49-22-33(44)42-34(23(2)3)35(45)41-32(36(46)47)19-24-21-40-31-10-8-7-9-27(24)31/h1,7-10,20-21,23,28-30,32,34,40,48H,11-19,22H2,2-5H3,(H,41,45)(H,42,44)(H,46,47)/b43-26+/t28-,29-,30-,32+,34+,37+,38+,39-/m1/s1. The number of aromatic amines is 1. The number of aromatic nitrogens is 1. The van der Waals surface area contributed by atoms with E-state index in [1.165, 1.54) is 5.57 Å². The number of carboxylic acids is 1. The average molecular weight is 671 g/mol. The number of carboxylic acid groups (broad SMARTS) is 1. The van der Waals surface area contributed by atoms with Crippen LogP contribution in [0.5, 0.6) is 0 Å². The first kappa shape index (κ1) is 34.8. The van der Waals surface area contributed by atoms with E-state index in [-0.39, 0.29) is 29.8 Å². The van der Waals surface area contributed by atoms with Crippen molar-refractivity contribution in [2.75, 3.05) is 6.61 Å². The maximum atomic E-state index is 13.2. The third-order valence-electron chi connectivity index (χ3n) is 12.7. The number of nitrogens with zero attached hydrogens (tertiary/aromatic N) is 1. The van der Waals surface area contributed by atoms with Crippen LogP contribution in [-0.2, 0) is 25.6 Å². The van der Waals surface area contributed by atoms with E-state index in [1.807, 2.05) is 24.3 Å². The number of benzene rings is 1. The van der Waals surface area contributed by atoms with Crippen molar-refractivity contribution in [1.82, 2.24) is 15.6 Å². The molecule has 1 aromatic carbocycles. The van der Waals surface area contributed by atoms with Gasteiger partial charge in [-0.05, 0) is 98.2 Å². The Kier molecular flexibility index (Phi) is 9.44. The maximum Gasteiger partial charge on any atom is 0.326 e. The van der Waals surface area contributed by atoms with E-state index in [2.05, 4.69) is 46.6 Å². The molecule has 262 valence electrons. The summed E-state index contributed by atoms with van der Waals surface area (Å²) in [6.07, 6.45) is 17.3. The predicted molar refractivity (Wildman–Crippen MR) is 187 cm³/mol. The summed E-state index contributed by atoms with van der Waals surface area (Å²) in [7, 11) is 0. The number of carbonyl (C=O) groups excluding carboxylic acids is 2. The molecule has 10 heteroatoms. The number of nitrogens with one attached hydrogen (secondary N) is 3. The Hall–Kier alpha value is -4.10. The van der Waals surface area contributed by atoms with Crippen LogP contribution in [0, 0.1) is 46.8 Å². The molecule has 10 nitrogen and oxygen atoms in total. The van der Waals surface area contributed by atoms with Crippen molar-refractivity contribution in [3.05, 3.63) is 47.7 Å². The first-order valence-electron chi connectivity index (χ1n) is 17.8. The molecule has 0 spiro atoms. The predicted octanol–water partition coefficient (Wildman–Crippen LogP) is 5.12. The van der Waals surface area contributed by atoms with Gasteiger partial charge in [0.25, 0.3) is 5.91 Å². The van der Waals surface area contributed by atoms with Crippen molar-refractivity contribution < 1.29 is 29.4 Å². The van der Waals surface area contributed by atoms with Gasteiger partial charge in [0.15, 0.2) is 6.61 Å². The number of H-pyrrole nitrogens is 1. The van der Waals surface area contributed by atoms with Gasteiger partial charge in [0.05, 0.1) is 5.71 Å². The number of fused-ring (bicyclic) bond motifs is 6. The lowest BCUT2D eigenvalue weighted by molar-refractivity contribution is -0.142. The number of amides is 2. The molecule has 2 amide bonds. The van der Waals surface area contributed by atoms with E-state index in [9.17, 15) is 24.6 Å². The Labute approximate surface area is 288 Å². The van der Waals surface area contributed by atoms with Crippen LogP contribution >= 0.6 is 0 Å². The number of terminal acetylenes is 1. The highest BCUT2D eigenvalue weighted by molar-refractivity contribution is 5.96. The Morgan fingerprint density at radius 2 is 1.84 bits per heavy atom. The van der Waals surface area contributed by atoms with E-state index in [0.717, 1.165) is 67.1 Å². The van der Waals surface area contributed by atoms with E-state index < -0.39 is 35.5 Å². The fraction of sp³-hybridized carbons (Fsp3) is 0.590. The molecule has 1 aromatic heterocycles. The van der Waals surface area contributed by atoms with Crippen molar-refractivity contribution in [1.29, 1.82) is 0 Å². The Morgan fingerprint density at radius 3 is 2.57 bits per heavy atom. The number of oxime groups is 1. The molecule has 6 rings (SSSR count). The van der Waals surface area contributed by atoms with Gasteiger partial charge in [-0.2, -0.15) is 0 Å². The Balaban J connectivity index is 1.04. The molecule has 0 aliphatic heterocycles. The second-order valence-corrected chi connectivity index (χ2v) is 15.6. The number of rotatable bonds is 10. The van der Waals surface area contributed by atoms with Gasteiger partial charge in [-0.3, -0.25) is 9.59 Å². The number of allylic oxidation sites excluding steroid dienone is 2. The average Bonchev–Trinajstić information content (AvgIpc) is 3.60. The number of carbonyl (C=O) groups is 3. The SMILES string of the molecule is C#C[C@@]1(O)CC[C@@H]2[C@@H]3CCC4=C/C(=N/OCC(=O)N[C@H](C(=O)N[C@@H](Cc5c[nH]c6ccccc56)C(=O)O)C(C)C)CC[C@]4(C)[C@@H]3CC[C@@]21C. The number of aliphatic hydroxyl groups is 1. The molecule has 1 heterocycles. The number of para-hydroxylation sites is 1. The molecule has 8 atom stereocenters. The lowest BCUT2D eigenvalue weighted by Crippen LogP contribution is -2.54. The first-order chi connectivity index (χ1) is 23.3. The summed E-state index contributed by atoms with van der Waals surface area (Å²) >= 11 is 0. The minimum Gasteiger partial charge on any atom is -0.480 e. The highest BCUT2D eigenvalue weighted by atomic mass is 16.6. The van der Waals surface area contributed by atoms with Crippen LogP contribution in [0.25, 0.3) is 10.9 Å². The smallest absolute Gasteiger partial charge is 0.326 e. The molecule has 2 aromatic rings. The third kappa shape index (κ3) is 6.27. The van der Waals surface area contributed by atoms with Crippen molar-refractivity contribution in [3.63, 3.8) is 0 Å². The summed E-state index contributed by atoms with van der Waals surface area (Å²) in [4.78, 5) is 46.9. The highest BCUT2D eigenvalue weighted by Crippen LogP contribution is 2.67. The van der Waals surface area contributed by atoms with Gasteiger partial charge in [-0.25, -0.2) is 4.79 Å². The van der Waals surface area contributed by atoms with Gasteiger partial charge >= 0.3 is 5.97 Å². The molecule has 3 saturated carbocycles. The monoisotopic (exact) mass is 670 g/mol. The number of hydrogen-bond donors (Lipinski definition) is 5. The van der Waals surface area contributed by atoms with Crippen LogP contribution < -0.4 is 10.6 Å². The van der Waals surface area contributed by atoms with Crippen LogP contribution in [0.3, 0.4) is 0 Å².